The lowest BCUT2D eigenvalue weighted by Crippen LogP contribution is -2.39. The highest BCUT2D eigenvalue weighted by molar-refractivity contribution is 5.94. The third-order valence-electron chi connectivity index (χ3n) is 3.04. The second kappa shape index (κ2) is 5.53. The molecule has 0 saturated carbocycles. The predicted octanol–water partition coefficient (Wildman–Crippen LogP) is 2.91. The molecule has 0 radical (unpaired) electrons. The molecule has 1 atom stereocenters. The Balaban J connectivity index is 2.73. The quantitative estimate of drug-likeness (QED) is 0.864. The Morgan fingerprint density at radius 3 is 2.06 bits per heavy atom. The van der Waals surface area contributed by atoms with E-state index >= 15 is 0 Å². The van der Waals surface area contributed by atoms with Crippen molar-refractivity contribution in [2.75, 3.05) is 5.32 Å². The summed E-state index contributed by atoms with van der Waals surface area (Å²) in [5.74, 6) is 0.00681. The summed E-state index contributed by atoms with van der Waals surface area (Å²) < 4.78 is 0. The molecular weight excluding hydrogens is 224 g/mol. The summed E-state index contributed by atoms with van der Waals surface area (Å²) in [6, 6.07) is 7.46. The van der Waals surface area contributed by atoms with Crippen molar-refractivity contribution >= 4 is 11.6 Å². The molecular formula is C15H24N2O. The van der Waals surface area contributed by atoms with Gasteiger partial charge in [-0.1, -0.05) is 46.8 Å². The van der Waals surface area contributed by atoms with E-state index < -0.39 is 6.04 Å². The maximum absolute atomic E-state index is 11.8. The Hall–Kier alpha value is -1.35. The third-order valence-corrected chi connectivity index (χ3v) is 3.04. The Labute approximate surface area is 110 Å². The highest BCUT2D eigenvalue weighted by atomic mass is 16.2. The molecule has 3 heteroatoms. The van der Waals surface area contributed by atoms with Crippen LogP contribution < -0.4 is 11.1 Å². The van der Waals surface area contributed by atoms with Gasteiger partial charge in [0.1, 0.15) is 0 Å². The molecule has 3 nitrogen and oxygen atoms in total. The van der Waals surface area contributed by atoms with E-state index in [1.165, 1.54) is 5.56 Å². The molecule has 18 heavy (non-hydrogen) atoms. The van der Waals surface area contributed by atoms with Gasteiger partial charge in [0.15, 0.2) is 0 Å². The molecule has 1 amide bonds. The molecule has 100 valence electrons. The molecule has 0 bridgehead atoms. The molecule has 0 aliphatic carbocycles. The Kier molecular flexibility index (Phi) is 4.52. The van der Waals surface area contributed by atoms with Crippen molar-refractivity contribution < 1.29 is 4.79 Å². The number of hydrogen-bond donors (Lipinski definition) is 2. The van der Waals surface area contributed by atoms with Crippen LogP contribution in [-0.4, -0.2) is 11.9 Å². The molecule has 0 heterocycles. The van der Waals surface area contributed by atoms with Crippen molar-refractivity contribution in [1.29, 1.82) is 0 Å². The van der Waals surface area contributed by atoms with E-state index in [-0.39, 0.29) is 17.2 Å². The van der Waals surface area contributed by atoms with E-state index in [1.54, 1.807) is 0 Å². The lowest BCUT2D eigenvalue weighted by atomic mass is 9.87. The second-order valence-electron chi connectivity index (χ2n) is 6.09. The average Bonchev–Trinajstić information content (AvgIpc) is 2.27. The minimum atomic E-state index is -0.465. The Morgan fingerprint density at radius 2 is 1.67 bits per heavy atom. The first-order valence-corrected chi connectivity index (χ1v) is 6.39. The van der Waals surface area contributed by atoms with Crippen LogP contribution in [0.4, 0.5) is 5.69 Å². The number of anilines is 1. The molecule has 0 aliphatic heterocycles. The number of carbonyl (C=O) groups is 1. The zero-order chi connectivity index (χ0) is 13.9. The van der Waals surface area contributed by atoms with Gasteiger partial charge in [-0.25, -0.2) is 0 Å². The molecule has 3 N–H and O–H groups in total. The highest BCUT2D eigenvalue weighted by Gasteiger charge is 2.17. The van der Waals surface area contributed by atoms with E-state index in [0.29, 0.717) is 0 Å². The van der Waals surface area contributed by atoms with E-state index in [4.69, 9.17) is 5.73 Å². The zero-order valence-corrected chi connectivity index (χ0v) is 11.9. The normalized spacial score (nSPS) is 13.5. The van der Waals surface area contributed by atoms with Gasteiger partial charge in [0, 0.05) is 5.69 Å². The van der Waals surface area contributed by atoms with Crippen LogP contribution in [-0.2, 0) is 10.2 Å². The topological polar surface area (TPSA) is 55.1 Å². The average molecular weight is 248 g/mol. The van der Waals surface area contributed by atoms with Crippen molar-refractivity contribution in [3.8, 4) is 0 Å². The van der Waals surface area contributed by atoms with Crippen LogP contribution in [0.1, 0.15) is 40.2 Å². The standard InChI is InChI=1S/C15H24N2O/c1-10(2)13(16)14(18)17-12-8-6-11(7-9-12)15(3,4)5/h6-10,13H,16H2,1-5H3,(H,17,18)/t13-/m1/s1. The van der Waals surface area contributed by atoms with E-state index in [9.17, 15) is 4.79 Å². The minimum Gasteiger partial charge on any atom is -0.325 e. The van der Waals surface area contributed by atoms with Gasteiger partial charge in [0.2, 0.25) is 5.91 Å². The van der Waals surface area contributed by atoms with Gasteiger partial charge in [-0.2, -0.15) is 0 Å². The smallest absolute Gasteiger partial charge is 0.241 e. The number of carbonyl (C=O) groups excluding carboxylic acids is 1. The number of rotatable bonds is 3. The fourth-order valence-electron chi connectivity index (χ4n) is 1.58. The van der Waals surface area contributed by atoms with Crippen molar-refractivity contribution in [2.24, 2.45) is 11.7 Å². The molecule has 0 fully saturated rings. The molecule has 0 saturated heterocycles. The van der Waals surface area contributed by atoms with Crippen LogP contribution in [0, 0.1) is 5.92 Å². The zero-order valence-electron chi connectivity index (χ0n) is 11.9. The summed E-state index contributed by atoms with van der Waals surface area (Å²) >= 11 is 0. The van der Waals surface area contributed by atoms with Crippen molar-refractivity contribution in [1.82, 2.24) is 0 Å². The lowest BCUT2D eigenvalue weighted by molar-refractivity contribution is -0.118. The third kappa shape index (κ3) is 3.84. The van der Waals surface area contributed by atoms with Gasteiger partial charge in [0.05, 0.1) is 6.04 Å². The van der Waals surface area contributed by atoms with Crippen LogP contribution in [0.3, 0.4) is 0 Å². The Bertz CT molecular complexity index is 401. The monoisotopic (exact) mass is 248 g/mol. The van der Waals surface area contributed by atoms with Gasteiger partial charge >= 0.3 is 0 Å². The van der Waals surface area contributed by atoms with Gasteiger partial charge in [-0.3, -0.25) is 4.79 Å². The molecule has 1 rings (SSSR count). The van der Waals surface area contributed by atoms with Crippen molar-refractivity contribution in [3.63, 3.8) is 0 Å². The van der Waals surface area contributed by atoms with Gasteiger partial charge in [-0.05, 0) is 29.0 Å². The first kappa shape index (κ1) is 14.7. The summed E-state index contributed by atoms with van der Waals surface area (Å²) in [7, 11) is 0. The van der Waals surface area contributed by atoms with Crippen LogP contribution in [0.2, 0.25) is 0 Å². The first-order chi connectivity index (χ1) is 8.21. The lowest BCUT2D eigenvalue weighted by Gasteiger charge is -2.20. The fraction of sp³-hybridized carbons (Fsp3) is 0.533. The van der Waals surface area contributed by atoms with Crippen molar-refractivity contribution in [3.05, 3.63) is 29.8 Å². The van der Waals surface area contributed by atoms with Crippen LogP contribution in [0.5, 0.6) is 0 Å². The number of nitrogens with one attached hydrogen (secondary N) is 1. The maximum Gasteiger partial charge on any atom is 0.241 e. The van der Waals surface area contributed by atoms with E-state index in [0.717, 1.165) is 5.69 Å². The van der Waals surface area contributed by atoms with Crippen LogP contribution in [0.25, 0.3) is 0 Å². The number of nitrogens with two attached hydrogens (primary N) is 1. The van der Waals surface area contributed by atoms with E-state index in [1.807, 2.05) is 38.1 Å². The molecule has 0 spiro atoms. The van der Waals surface area contributed by atoms with Gasteiger partial charge in [0.25, 0.3) is 0 Å². The largest absolute Gasteiger partial charge is 0.325 e. The van der Waals surface area contributed by atoms with Gasteiger partial charge in [-0.15, -0.1) is 0 Å². The summed E-state index contributed by atoms with van der Waals surface area (Å²) in [5, 5.41) is 2.84. The maximum atomic E-state index is 11.8. The highest BCUT2D eigenvalue weighted by Crippen LogP contribution is 2.23. The Morgan fingerprint density at radius 1 is 1.17 bits per heavy atom. The van der Waals surface area contributed by atoms with Gasteiger partial charge < -0.3 is 11.1 Å². The molecule has 0 unspecified atom stereocenters. The minimum absolute atomic E-state index is 0.122. The SMILES string of the molecule is CC(C)[C@@H](N)C(=O)Nc1ccc(C(C)(C)C)cc1. The van der Waals surface area contributed by atoms with Crippen LogP contribution in [0.15, 0.2) is 24.3 Å². The van der Waals surface area contributed by atoms with Crippen LogP contribution >= 0.6 is 0 Å². The predicted molar refractivity (Wildman–Crippen MR) is 76.6 cm³/mol. The molecule has 1 aromatic rings. The summed E-state index contributed by atoms with van der Waals surface area (Å²) in [4.78, 5) is 11.8. The van der Waals surface area contributed by atoms with Crippen molar-refractivity contribution in [2.45, 2.75) is 46.1 Å². The summed E-state index contributed by atoms with van der Waals surface area (Å²) in [6.07, 6.45) is 0. The second-order valence-corrected chi connectivity index (χ2v) is 6.09. The summed E-state index contributed by atoms with van der Waals surface area (Å²) in [5.41, 5.74) is 7.96. The first-order valence-electron chi connectivity index (χ1n) is 6.39. The summed E-state index contributed by atoms with van der Waals surface area (Å²) in [6.45, 7) is 10.4. The number of hydrogen-bond acceptors (Lipinski definition) is 2. The fourth-order valence-corrected chi connectivity index (χ4v) is 1.58. The van der Waals surface area contributed by atoms with E-state index in [2.05, 4.69) is 26.1 Å². The number of amides is 1. The molecule has 0 aliphatic rings. The molecule has 0 aromatic heterocycles. The molecule has 1 aromatic carbocycles. The number of benzene rings is 1.